The molecule has 138 valence electrons. The minimum Gasteiger partial charge on any atom is -0.323 e. The Morgan fingerprint density at radius 2 is 2.00 bits per heavy atom. The zero-order valence-electron chi connectivity index (χ0n) is 15.7. The highest BCUT2D eigenvalue weighted by molar-refractivity contribution is 5.54. The van der Waals surface area contributed by atoms with Crippen LogP contribution in [0.25, 0.3) is 0 Å². The molecule has 0 radical (unpaired) electrons. The van der Waals surface area contributed by atoms with Crippen molar-refractivity contribution in [2.75, 3.05) is 18.4 Å². The maximum atomic E-state index is 4.84. The zero-order valence-corrected chi connectivity index (χ0v) is 15.7. The molecule has 0 saturated carbocycles. The number of benzene rings is 1. The number of pyridine rings is 1. The fourth-order valence-corrected chi connectivity index (χ4v) is 3.69. The van der Waals surface area contributed by atoms with Crippen LogP contribution < -0.4 is 5.32 Å². The molecule has 0 bridgehead atoms. The van der Waals surface area contributed by atoms with E-state index in [2.05, 4.69) is 50.5 Å². The molecule has 0 spiro atoms. The van der Waals surface area contributed by atoms with Crippen LogP contribution >= 0.6 is 0 Å². The summed E-state index contributed by atoms with van der Waals surface area (Å²) in [5, 5.41) is 3.31. The molecule has 4 rings (SSSR count). The van der Waals surface area contributed by atoms with Gasteiger partial charge in [0.05, 0.1) is 24.1 Å². The minimum absolute atomic E-state index is 0.341. The summed E-state index contributed by atoms with van der Waals surface area (Å²) in [5.74, 6) is 1.58. The summed E-state index contributed by atoms with van der Waals surface area (Å²) in [6, 6.07) is 15.0. The molecule has 0 aliphatic carbocycles. The fourth-order valence-electron chi connectivity index (χ4n) is 3.69. The Kier molecular flexibility index (Phi) is 5.39. The van der Waals surface area contributed by atoms with Crippen molar-refractivity contribution in [2.24, 2.45) is 0 Å². The number of nitrogens with one attached hydrogen (secondary N) is 1. The number of aryl methyl sites for hydroxylation is 1. The van der Waals surface area contributed by atoms with E-state index in [1.165, 1.54) is 12.0 Å². The molecule has 2 aromatic heterocycles. The van der Waals surface area contributed by atoms with Crippen molar-refractivity contribution in [1.82, 2.24) is 19.9 Å². The molecule has 3 aromatic rings. The maximum absolute atomic E-state index is 4.84. The molecule has 27 heavy (non-hydrogen) atoms. The largest absolute Gasteiger partial charge is 0.323 e. The molecular weight excluding hydrogens is 334 g/mol. The van der Waals surface area contributed by atoms with E-state index >= 15 is 0 Å². The van der Waals surface area contributed by atoms with Crippen LogP contribution in [0.1, 0.15) is 35.7 Å². The summed E-state index contributed by atoms with van der Waals surface area (Å²) in [7, 11) is 0. The summed E-state index contributed by atoms with van der Waals surface area (Å²) >= 11 is 0. The lowest BCUT2D eigenvalue weighted by Gasteiger charge is -2.24. The van der Waals surface area contributed by atoms with Gasteiger partial charge in [-0.2, -0.15) is 0 Å². The van der Waals surface area contributed by atoms with E-state index in [0.29, 0.717) is 6.04 Å². The fraction of sp³-hybridized carbons (Fsp3) is 0.318. The molecule has 1 atom stereocenters. The molecular formula is C22H25N5. The molecule has 5 heteroatoms. The summed E-state index contributed by atoms with van der Waals surface area (Å²) in [4.78, 5) is 16.2. The van der Waals surface area contributed by atoms with Gasteiger partial charge in [0.1, 0.15) is 11.6 Å². The molecule has 5 nitrogen and oxygen atoms in total. The van der Waals surface area contributed by atoms with Crippen molar-refractivity contribution in [3.63, 3.8) is 0 Å². The number of likely N-dealkylation sites (tertiary alicyclic amines) is 1. The predicted molar refractivity (Wildman–Crippen MR) is 108 cm³/mol. The molecule has 1 fully saturated rings. The van der Waals surface area contributed by atoms with Gasteiger partial charge in [-0.15, -0.1) is 0 Å². The SMILES string of the molecule is Cc1cccnc1Nc1cncc(C2CCCN2CCc2ccccc2)n1. The van der Waals surface area contributed by atoms with Crippen molar-refractivity contribution in [1.29, 1.82) is 0 Å². The Hall–Kier alpha value is -2.79. The number of hydrogen-bond acceptors (Lipinski definition) is 5. The van der Waals surface area contributed by atoms with Gasteiger partial charge in [-0.05, 0) is 49.9 Å². The first-order valence-corrected chi connectivity index (χ1v) is 9.58. The number of aromatic nitrogens is 3. The maximum Gasteiger partial charge on any atom is 0.150 e. The van der Waals surface area contributed by atoms with Crippen LogP contribution in [0.15, 0.2) is 61.1 Å². The third kappa shape index (κ3) is 4.31. The second kappa shape index (κ2) is 8.27. The van der Waals surface area contributed by atoms with E-state index in [1.54, 1.807) is 12.4 Å². The van der Waals surface area contributed by atoms with Crippen molar-refractivity contribution in [2.45, 2.75) is 32.2 Å². The van der Waals surface area contributed by atoms with Crippen LogP contribution in [0.2, 0.25) is 0 Å². The van der Waals surface area contributed by atoms with E-state index in [0.717, 1.165) is 48.8 Å². The summed E-state index contributed by atoms with van der Waals surface area (Å²) < 4.78 is 0. The van der Waals surface area contributed by atoms with Gasteiger partial charge >= 0.3 is 0 Å². The Morgan fingerprint density at radius 3 is 2.85 bits per heavy atom. The number of anilines is 2. The van der Waals surface area contributed by atoms with Gasteiger partial charge in [0, 0.05) is 12.7 Å². The summed E-state index contributed by atoms with van der Waals surface area (Å²) in [5.41, 5.74) is 3.52. The lowest BCUT2D eigenvalue weighted by atomic mass is 10.1. The first-order chi connectivity index (χ1) is 13.3. The van der Waals surface area contributed by atoms with Crippen molar-refractivity contribution in [3.8, 4) is 0 Å². The quantitative estimate of drug-likeness (QED) is 0.711. The molecule has 1 N–H and O–H groups in total. The van der Waals surface area contributed by atoms with E-state index in [4.69, 9.17) is 4.98 Å². The van der Waals surface area contributed by atoms with Gasteiger partial charge < -0.3 is 5.32 Å². The van der Waals surface area contributed by atoms with Gasteiger partial charge in [0.2, 0.25) is 0 Å². The molecule has 1 aliphatic rings. The highest BCUT2D eigenvalue weighted by atomic mass is 15.2. The van der Waals surface area contributed by atoms with Gasteiger partial charge in [-0.25, -0.2) is 9.97 Å². The van der Waals surface area contributed by atoms with Crippen LogP contribution in [0.4, 0.5) is 11.6 Å². The lowest BCUT2D eigenvalue weighted by Crippen LogP contribution is -2.26. The minimum atomic E-state index is 0.341. The molecule has 1 aromatic carbocycles. The number of nitrogens with zero attached hydrogens (tertiary/aromatic N) is 4. The third-order valence-corrected chi connectivity index (χ3v) is 5.14. The van der Waals surface area contributed by atoms with Crippen molar-refractivity contribution < 1.29 is 0 Å². The second-order valence-electron chi connectivity index (χ2n) is 7.05. The van der Waals surface area contributed by atoms with E-state index in [9.17, 15) is 0 Å². The normalized spacial score (nSPS) is 17.1. The predicted octanol–water partition coefficient (Wildman–Crippen LogP) is 4.30. The average molecular weight is 359 g/mol. The van der Waals surface area contributed by atoms with E-state index in [-0.39, 0.29) is 0 Å². The Balaban J connectivity index is 1.46. The Labute approximate surface area is 160 Å². The molecule has 0 amide bonds. The Morgan fingerprint density at radius 1 is 1.11 bits per heavy atom. The van der Waals surface area contributed by atoms with Crippen LogP contribution in [0.5, 0.6) is 0 Å². The molecule has 1 aliphatic heterocycles. The number of hydrogen-bond donors (Lipinski definition) is 1. The smallest absolute Gasteiger partial charge is 0.150 e. The van der Waals surface area contributed by atoms with Crippen LogP contribution in [0, 0.1) is 6.92 Å². The monoisotopic (exact) mass is 359 g/mol. The number of rotatable bonds is 6. The van der Waals surface area contributed by atoms with Gasteiger partial charge in [-0.1, -0.05) is 36.4 Å². The van der Waals surface area contributed by atoms with Crippen LogP contribution in [0.3, 0.4) is 0 Å². The van der Waals surface area contributed by atoms with Crippen molar-refractivity contribution >= 4 is 11.6 Å². The van der Waals surface area contributed by atoms with Gasteiger partial charge in [-0.3, -0.25) is 9.88 Å². The van der Waals surface area contributed by atoms with Crippen molar-refractivity contribution in [3.05, 3.63) is 77.9 Å². The van der Waals surface area contributed by atoms with Gasteiger partial charge in [0.15, 0.2) is 0 Å². The summed E-state index contributed by atoms with van der Waals surface area (Å²) in [6.07, 6.45) is 8.86. The lowest BCUT2D eigenvalue weighted by molar-refractivity contribution is 0.256. The van der Waals surface area contributed by atoms with Gasteiger partial charge in [0.25, 0.3) is 0 Å². The highest BCUT2D eigenvalue weighted by Gasteiger charge is 2.27. The average Bonchev–Trinajstić information content (AvgIpc) is 3.18. The molecule has 1 unspecified atom stereocenters. The van der Waals surface area contributed by atoms with Crippen LogP contribution in [-0.4, -0.2) is 32.9 Å². The zero-order chi connectivity index (χ0) is 18.5. The summed E-state index contributed by atoms with van der Waals surface area (Å²) in [6.45, 7) is 4.21. The first-order valence-electron chi connectivity index (χ1n) is 9.58. The van der Waals surface area contributed by atoms with E-state index in [1.807, 2.05) is 25.3 Å². The third-order valence-electron chi connectivity index (χ3n) is 5.14. The van der Waals surface area contributed by atoms with Crippen LogP contribution in [-0.2, 0) is 6.42 Å². The Bertz CT molecular complexity index is 881. The first kappa shape index (κ1) is 17.6. The molecule has 3 heterocycles. The second-order valence-corrected chi connectivity index (χ2v) is 7.05. The highest BCUT2D eigenvalue weighted by Crippen LogP contribution is 2.31. The molecule has 1 saturated heterocycles. The standard InChI is InChI=1S/C22H25N5/c1-17-7-5-12-24-22(17)26-21-16-23-15-19(25-21)20-10-6-13-27(20)14-11-18-8-3-2-4-9-18/h2-5,7-9,12,15-16,20H,6,10-11,13-14H2,1H3,(H,24,25,26). The van der Waals surface area contributed by atoms with E-state index < -0.39 is 0 Å². The topological polar surface area (TPSA) is 53.9 Å².